The second-order valence-electron chi connectivity index (χ2n) is 3.69. The molecule has 1 unspecified atom stereocenters. The van der Waals surface area contributed by atoms with Crippen LogP contribution < -0.4 is 0 Å². The lowest BCUT2D eigenvalue weighted by atomic mass is 10.1. The summed E-state index contributed by atoms with van der Waals surface area (Å²) in [6, 6.07) is 0. The highest BCUT2D eigenvalue weighted by atomic mass is 32.1. The highest BCUT2D eigenvalue weighted by Gasteiger charge is 2.03. The maximum absolute atomic E-state index is 9.47. The van der Waals surface area contributed by atoms with Crippen LogP contribution in [-0.2, 0) is 0 Å². The van der Waals surface area contributed by atoms with Crippen molar-refractivity contribution >= 4 is 12.6 Å². The molecule has 0 rings (SSSR count). The molecule has 0 spiro atoms. The fourth-order valence-corrected chi connectivity index (χ4v) is 1.85. The molecule has 0 saturated carbocycles. The van der Waals surface area contributed by atoms with Crippen molar-refractivity contribution < 1.29 is 5.11 Å². The summed E-state index contributed by atoms with van der Waals surface area (Å²) in [4.78, 5) is 2.42. The Hall–Kier alpha value is 0.270. The first-order chi connectivity index (χ1) is 6.74. The van der Waals surface area contributed by atoms with Gasteiger partial charge in [-0.05, 0) is 51.1 Å². The van der Waals surface area contributed by atoms with Crippen molar-refractivity contribution in [2.75, 3.05) is 25.4 Å². The summed E-state index contributed by atoms with van der Waals surface area (Å²) in [6.07, 6.45) is 3.96. The number of nitrogens with zero attached hydrogens (tertiary/aromatic N) is 1. The van der Waals surface area contributed by atoms with Crippen LogP contribution in [0.4, 0.5) is 0 Å². The number of unbranched alkanes of at least 4 members (excludes halogenated alkanes) is 1. The molecule has 0 aromatic rings. The average molecular weight is 219 g/mol. The van der Waals surface area contributed by atoms with Crippen molar-refractivity contribution in [1.29, 1.82) is 0 Å². The highest BCUT2D eigenvalue weighted by Crippen LogP contribution is 2.06. The second-order valence-corrected chi connectivity index (χ2v) is 4.14. The fourth-order valence-electron chi connectivity index (χ4n) is 1.55. The van der Waals surface area contributed by atoms with Crippen molar-refractivity contribution in [2.24, 2.45) is 0 Å². The van der Waals surface area contributed by atoms with Crippen LogP contribution in [0.25, 0.3) is 0 Å². The van der Waals surface area contributed by atoms with E-state index in [4.69, 9.17) is 0 Å². The van der Waals surface area contributed by atoms with Crippen molar-refractivity contribution in [3.05, 3.63) is 0 Å². The predicted molar refractivity (Wildman–Crippen MR) is 66.1 cm³/mol. The van der Waals surface area contributed by atoms with Crippen LogP contribution in [0.3, 0.4) is 0 Å². The molecule has 0 aromatic carbocycles. The minimum atomic E-state index is -0.135. The molecule has 0 aliphatic carbocycles. The summed E-state index contributed by atoms with van der Waals surface area (Å²) in [5.41, 5.74) is 0. The second kappa shape index (κ2) is 9.81. The largest absolute Gasteiger partial charge is 0.393 e. The van der Waals surface area contributed by atoms with E-state index in [1.165, 1.54) is 13.0 Å². The van der Waals surface area contributed by atoms with Gasteiger partial charge in [-0.25, -0.2) is 0 Å². The lowest BCUT2D eigenvalue weighted by Crippen LogP contribution is -2.24. The van der Waals surface area contributed by atoms with Crippen LogP contribution in [0.2, 0.25) is 0 Å². The lowest BCUT2D eigenvalue weighted by Gasteiger charge is -2.18. The third-order valence-electron chi connectivity index (χ3n) is 2.62. The van der Waals surface area contributed by atoms with Gasteiger partial charge in [0, 0.05) is 0 Å². The van der Waals surface area contributed by atoms with E-state index in [0.717, 1.165) is 38.1 Å². The van der Waals surface area contributed by atoms with Gasteiger partial charge in [-0.2, -0.15) is 12.6 Å². The number of hydrogen-bond acceptors (Lipinski definition) is 3. The van der Waals surface area contributed by atoms with Crippen molar-refractivity contribution in [2.45, 2.75) is 45.6 Å². The Balaban J connectivity index is 3.27. The molecule has 1 atom stereocenters. The number of thiol groups is 1. The standard InChI is InChI=1S/C11H25NOS/c1-3-12(4-2)9-6-5-7-11(13)8-10-14/h11,13-14H,3-10H2,1-2H3. The summed E-state index contributed by atoms with van der Waals surface area (Å²) >= 11 is 4.10. The fraction of sp³-hybridized carbons (Fsp3) is 1.00. The molecule has 0 heterocycles. The van der Waals surface area contributed by atoms with E-state index in [0.29, 0.717) is 0 Å². The van der Waals surface area contributed by atoms with E-state index in [9.17, 15) is 5.11 Å². The Morgan fingerprint density at radius 2 is 1.79 bits per heavy atom. The van der Waals surface area contributed by atoms with Crippen LogP contribution in [0.5, 0.6) is 0 Å². The van der Waals surface area contributed by atoms with E-state index in [1.54, 1.807) is 0 Å². The third-order valence-corrected chi connectivity index (χ3v) is 2.88. The highest BCUT2D eigenvalue weighted by molar-refractivity contribution is 7.80. The Morgan fingerprint density at radius 3 is 2.29 bits per heavy atom. The Morgan fingerprint density at radius 1 is 1.14 bits per heavy atom. The molecule has 0 amide bonds. The van der Waals surface area contributed by atoms with Gasteiger partial charge in [-0.3, -0.25) is 0 Å². The zero-order chi connectivity index (χ0) is 10.8. The molecule has 0 aromatic heterocycles. The third kappa shape index (κ3) is 7.65. The molecule has 1 N–H and O–H groups in total. The Bertz CT molecular complexity index is 118. The minimum absolute atomic E-state index is 0.135. The number of aliphatic hydroxyl groups is 1. The molecule has 2 nitrogen and oxygen atoms in total. The number of rotatable bonds is 9. The van der Waals surface area contributed by atoms with Crippen molar-refractivity contribution in [3.63, 3.8) is 0 Å². The van der Waals surface area contributed by atoms with Crippen LogP contribution in [-0.4, -0.2) is 41.5 Å². The van der Waals surface area contributed by atoms with E-state index >= 15 is 0 Å². The molecule has 0 fully saturated rings. The van der Waals surface area contributed by atoms with E-state index in [-0.39, 0.29) is 6.10 Å². The Kier molecular flexibility index (Phi) is 10.0. The first-order valence-corrected chi connectivity index (χ1v) is 6.39. The molecule has 0 bridgehead atoms. The zero-order valence-corrected chi connectivity index (χ0v) is 10.5. The van der Waals surface area contributed by atoms with E-state index in [2.05, 4.69) is 31.4 Å². The summed E-state index contributed by atoms with van der Waals surface area (Å²) < 4.78 is 0. The molecule has 86 valence electrons. The van der Waals surface area contributed by atoms with Crippen LogP contribution in [0, 0.1) is 0 Å². The normalized spacial score (nSPS) is 13.5. The molecular formula is C11H25NOS. The Labute approximate surface area is 94.1 Å². The van der Waals surface area contributed by atoms with Gasteiger partial charge >= 0.3 is 0 Å². The van der Waals surface area contributed by atoms with E-state index < -0.39 is 0 Å². The monoisotopic (exact) mass is 219 g/mol. The van der Waals surface area contributed by atoms with Gasteiger partial charge in [-0.15, -0.1) is 0 Å². The quantitative estimate of drug-likeness (QED) is 0.459. The lowest BCUT2D eigenvalue weighted by molar-refractivity contribution is 0.156. The van der Waals surface area contributed by atoms with Gasteiger partial charge in [-0.1, -0.05) is 13.8 Å². The van der Waals surface area contributed by atoms with Crippen LogP contribution in [0.15, 0.2) is 0 Å². The van der Waals surface area contributed by atoms with Crippen molar-refractivity contribution in [1.82, 2.24) is 4.90 Å². The topological polar surface area (TPSA) is 23.5 Å². The van der Waals surface area contributed by atoms with Gasteiger partial charge in [0.15, 0.2) is 0 Å². The summed E-state index contributed by atoms with van der Waals surface area (Å²) in [5, 5.41) is 9.47. The molecule has 0 aliphatic heterocycles. The zero-order valence-electron chi connectivity index (χ0n) is 9.58. The van der Waals surface area contributed by atoms with Gasteiger partial charge < -0.3 is 10.0 Å². The summed E-state index contributed by atoms with van der Waals surface area (Å²) in [5.74, 6) is 0.789. The predicted octanol–water partition coefficient (Wildman–Crippen LogP) is 2.18. The van der Waals surface area contributed by atoms with Crippen molar-refractivity contribution in [3.8, 4) is 0 Å². The van der Waals surface area contributed by atoms with Gasteiger partial charge in [0.05, 0.1) is 6.10 Å². The van der Waals surface area contributed by atoms with Gasteiger partial charge in [0.2, 0.25) is 0 Å². The molecular weight excluding hydrogens is 194 g/mol. The van der Waals surface area contributed by atoms with Crippen LogP contribution >= 0.6 is 12.6 Å². The van der Waals surface area contributed by atoms with Gasteiger partial charge in [0.25, 0.3) is 0 Å². The first kappa shape index (κ1) is 14.3. The molecule has 3 heteroatoms. The summed E-state index contributed by atoms with van der Waals surface area (Å²) in [6.45, 7) is 7.82. The molecule has 14 heavy (non-hydrogen) atoms. The maximum Gasteiger partial charge on any atom is 0.0548 e. The minimum Gasteiger partial charge on any atom is -0.393 e. The van der Waals surface area contributed by atoms with Gasteiger partial charge in [0.1, 0.15) is 0 Å². The average Bonchev–Trinajstić information content (AvgIpc) is 2.19. The summed E-state index contributed by atoms with van der Waals surface area (Å²) in [7, 11) is 0. The number of hydrogen-bond donors (Lipinski definition) is 2. The molecule has 0 saturated heterocycles. The van der Waals surface area contributed by atoms with Crippen LogP contribution in [0.1, 0.15) is 39.5 Å². The molecule has 0 radical (unpaired) electrons. The molecule has 0 aliphatic rings. The maximum atomic E-state index is 9.47. The van der Waals surface area contributed by atoms with E-state index in [1.807, 2.05) is 0 Å². The smallest absolute Gasteiger partial charge is 0.0548 e. The SMILES string of the molecule is CCN(CC)CCCCC(O)CCS. The first-order valence-electron chi connectivity index (χ1n) is 5.75. The number of aliphatic hydroxyl groups excluding tert-OH is 1.